The van der Waals surface area contributed by atoms with Crippen molar-refractivity contribution in [3.63, 3.8) is 0 Å². The SMILES string of the molecule is c1ccc2cc3c(cc2c1)c1c2c4ccccc4c4ccccc4c2ccc1n3-c1nc2c(nc1-c1ccc3c(c1)oc1ccccc13)sc1ccccc12. The summed E-state index contributed by atoms with van der Waals surface area (Å²) in [6.45, 7) is 0. The van der Waals surface area contributed by atoms with Crippen LogP contribution < -0.4 is 0 Å². The minimum Gasteiger partial charge on any atom is -0.456 e. The van der Waals surface area contributed by atoms with E-state index in [2.05, 4.69) is 156 Å². The predicted octanol–water partition coefficient (Wildman–Crippen LogP) is 14.1. The lowest BCUT2D eigenvalue weighted by Gasteiger charge is -2.14. The van der Waals surface area contributed by atoms with Crippen molar-refractivity contribution in [3.05, 3.63) is 164 Å². The summed E-state index contributed by atoms with van der Waals surface area (Å²) in [6, 6.07) is 58.9. The second kappa shape index (κ2) is 10.8. The summed E-state index contributed by atoms with van der Waals surface area (Å²) < 4.78 is 9.99. The number of benzene rings is 9. The van der Waals surface area contributed by atoms with Gasteiger partial charge in [0.25, 0.3) is 0 Å². The van der Waals surface area contributed by atoms with Crippen molar-refractivity contribution in [2.24, 2.45) is 0 Å². The Kier molecular flexibility index (Phi) is 5.74. The van der Waals surface area contributed by atoms with Crippen molar-refractivity contribution < 1.29 is 4.42 Å². The molecule has 0 aliphatic carbocycles. The van der Waals surface area contributed by atoms with Gasteiger partial charge in [-0.15, -0.1) is 11.3 Å². The maximum absolute atomic E-state index is 6.44. The topological polar surface area (TPSA) is 43.9 Å². The molecule has 0 saturated carbocycles. The zero-order valence-corrected chi connectivity index (χ0v) is 30.1. The molecule has 0 unspecified atom stereocenters. The van der Waals surface area contributed by atoms with E-state index in [0.29, 0.717) is 0 Å². The molecule has 0 N–H and O–H groups in total. The van der Waals surface area contributed by atoms with Gasteiger partial charge in [0.15, 0.2) is 5.82 Å². The van der Waals surface area contributed by atoms with Gasteiger partial charge in [0.2, 0.25) is 0 Å². The molecule has 0 atom stereocenters. The average Bonchev–Trinajstić information content (AvgIpc) is 3.90. The van der Waals surface area contributed by atoms with Gasteiger partial charge in [-0.25, -0.2) is 9.97 Å². The minimum atomic E-state index is 0.797. The zero-order valence-electron chi connectivity index (χ0n) is 29.2. The molecule has 13 aromatic rings. The first-order chi connectivity index (χ1) is 27.3. The van der Waals surface area contributed by atoms with Crippen LogP contribution in [0.1, 0.15) is 0 Å². The van der Waals surface area contributed by atoms with E-state index in [1.165, 1.54) is 58.6 Å². The lowest BCUT2D eigenvalue weighted by Crippen LogP contribution is -2.03. The molecule has 0 fully saturated rings. The number of hydrogen-bond acceptors (Lipinski definition) is 4. The summed E-state index contributed by atoms with van der Waals surface area (Å²) in [6.07, 6.45) is 0. The molecule has 13 rings (SSSR count). The van der Waals surface area contributed by atoms with Crippen molar-refractivity contribution in [1.82, 2.24) is 14.5 Å². The van der Waals surface area contributed by atoms with Crippen molar-refractivity contribution in [2.75, 3.05) is 0 Å². The highest BCUT2D eigenvalue weighted by Gasteiger charge is 2.24. The van der Waals surface area contributed by atoms with Gasteiger partial charge in [-0.3, -0.25) is 4.57 Å². The Morgan fingerprint density at radius 1 is 0.436 bits per heavy atom. The van der Waals surface area contributed by atoms with Gasteiger partial charge in [-0.05, 0) is 80.2 Å². The van der Waals surface area contributed by atoms with Crippen LogP contribution in [0, 0.1) is 0 Å². The lowest BCUT2D eigenvalue weighted by molar-refractivity contribution is 0.669. The van der Waals surface area contributed by atoms with Gasteiger partial charge in [0, 0.05) is 42.6 Å². The fraction of sp³-hybridized carbons (Fsp3) is 0. The van der Waals surface area contributed by atoms with Crippen LogP contribution >= 0.6 is 11.3 Å². The highest BCUT2D eigenvalue weighted by molar-refractivity contribution is 7.25. The average molecular weight is 718 g/mol. The van der Waals surface area contributed by atoms with Crippen LogP contribution in [-0.2, 0) is 0 Å². The van der Waals surface area contributed by atoms with E-state index in [4.69, 9.17) is 14.4 Å². The molecule has 0 amide bonds. The van der Waals surface area contributed by atoms with Crippen molar-refractivity contribution in [1.29, 1.82) is 0 Å². The van der Waals surface area contributed by atoms with Gasteiger partial charge in [0.05, 0.1) is 11.0 Å². The van der Waals surface area contributed by atoms with Crippen LogP contribution in [0.25, 0.3) is 124 Å². The Balaban J connectivity index is 1.24. The van der Waals surface area contributed by atoms with E-state index in [9.17, 15) is 0 Å². The molecular formula is C50H27N3OS. The number of thiophene rings is 1. The van der Waals surface area contributed by atoms with Gasteiger partial charge in [0.1, 0.15) is 27.2 Å². The number of para-hydroxylation sites is 1. The lowest BCUT2D eigenvalue weighted by atomic mass is 9.91. The fourth-order valence-corrected chi connectivity index (χ4v) is 10.2. The molecule has 0 aliphatic heterocycles. The summed E-state index contributed by atoms with van der Waals surface area (Å²) >= 11 is 1.69. The summed E-state index contributed by atoms with van der Waals surface area (Å²) in [5.41, 5.74) is 6.59. The summed E-state index contributed by atoms with van der Waals surface area (Å²) in [7, 11) is 0. The second-order valence-corrected chi connectivity index (χ2v) is 15.5. The molecule has 0 bridgehead atoms. The molecule has 4 nitrogen and oxygen atoms in total. The fourth-order valence-electron chi connectivity index (χ4n) is 9.15. The van der Waals surface area contributed by atoms with E-state index < -0.39 is 0 Å². The van der Waals surface area contributed by atoms with Crippen molar-refractivity contribution >= 4 is 119 Å². The van der Waals surface area contributed by atoms with Gasteiger partial charge in [-0.2, -0.15) is 0 Å². The molecule has 0 aliphatic rings. The third-order valence-electron chi connectivity index (χ3n) is 11.6. The van der Waals surface area contributed by atoms with Crippen LogP contribution in [0.5, 0.6) is 0 Å². The van der Waals surface area contributed by atoms with Crippen LogP contribution in [-0.4, -0.2) is 14.5 Å². The number of hydrogen-bond donors (Lipinski definition) is 0. The third kappa shape index (κ3) is 4.00. The van der Waals surface area contributed by atoms with Crippen molar-refractivity contribution in [2.45, 2.75) is 0 Å². The van der Waals surface area contributed by atoms with Crippen LogP contribution in [0.3, 0.4) is 0 Å². The molecule has 0 saturated heterocycles. The molecule has 254 valence electrons. The number of aromatic nitrogens is 3. The Hall–Kier alpha value is -7.08. The quantitative estimate of drug-likeness (QED) is 0.167. The van der Waals surface area contributed by atoms with E-state index in [-0.39, 0.29) is 0 Å². The smallest absolute Gasteiger partial charge is 0.165 e. The largest absolute Gasteiger partial charge is 0.456 e. The molecule has 0 radical (unpaired) electrons. The Labute approximate surface area is 317 Å². The van der Waals surface area contributed by atoms with E-state index in [1.54, 1.807) is 11.3 Å². The van der Waals surface area contributed by atoms with Crippen LogP contribution in [0.4, 0.5) is 0 Å². The van der Waals surface area contributed by atoms with E-state index in [0.717, 1.165) is 65.8 Å². The third-order valence-corrected chi connectivity index (χ3v) is 12.6. The molecule has 55 heavy (non-hydrogen) atoms. The first-order valence-corrected chi connectivity index (χ1v) is 19.4. The number of nitrogens with zero attached hydrogens (tertiary/aromatic N) is 3. The number of rotatable bonds is 2. The van der Waals surface area contributed by atoms with Crippen LogP contribution in [0.2, 0.25) is 0 Å². The predicted molar refractivity (Wildman–Crippen MR) is 232 cm³/mol. The van der Waals surface area contributed by atoms with Gasteiger partial charge < -0.3 is 4.42 Å². The summed E-state index contributed by atoms with van der Waals surface area (Å²) in [5, 5.41) is 15.6. The highest BCUT2D eigenvalue weighted by Crippen LogP contribution is 2.46. The van der Waals surface area contributed by atoms with Crippen LogP contribution in [0.15, 0.2) is 168 Å². The van der Waals surface area contributed by atoms with Crippen molar-refractivity contribution in [3.8, 4) is 17.1 Å². The Bertz CT molecular complexity index is 3760. The first-order valence-electron chi connectivity index (χ1n) is 18.6. The maximum atomic E-state index is 6.44. The minimum absolute atomic E-state index is 0.797. The molecule has 9 aromatic carbocycles. The van der Waals surface area contributed by atoms with Gasteiger partial charge >= 0.3 is 0 Å². The second-order valence-electron chi connectivity index (χ2n) is 14.5. The summed E-state index contributed by atoms with van der Waals surface area (Å²) in [4.78, 5) is 12.1. The molecular weight excluding hydrogens is 691 g/mol. The monoisotopic (exact) mass is 717 g/mol. The first kappa shape index (κ1) is 29.4. The highest BCUT2D eigenvalue weighted by atomic mass is 32.1. The zero-order chi connectivity index (χ0) is 35.8. The standard InChI is InChI=1S/C50H27N3OS/c1-2-12-29-26-41-39(25-28(29)11-1)46-40(24-23-37-33-15-4-3-13-31(33)32-14-5-6-17-36(32)45(37)46)53(41)49-47(52-50-48(51-49)38-18-8-10-20-44(38)55-50)30-21-22-35-34-16-7-9-19-42(34)54-43(35)27-30/h1-27H. The Morgan fingerprint density at radius 3 is 1.87 bits per heavy atom. The normalized spacial score (nSPS) is 12.4. The number of furan rings is 1. The number of fused-ring (bicyclic) bond motifs is 17. The molecule has 4 heterocycles. The Morgan fingerprint density at radius 2 is 1.05 bits per heavy atom. The summed E-state index contributed by atoms with van der Waals surface area (Å²) in [5.74, 6) is 0.797. The molecule has 5 heteroatoms. The van der Waals surface area contributed by atoms with E-state index in [1.807, 2.05) is 12.1 Å². The van der Waals surface area contributed by atoms with E-state index >= 15 is 0 Å². The molecule has 4 aromatic heterocycles. The molecule has 0 spiro atoms. The van der Waals surface area contributed by atoms with Gasteiger partial charge in [-0.1, -0.05) is 121 Å². The maximum Gasteiger partial charge on any atom is 0.165 e.